The fourth-order valence-corrected chi connectivity index (χ4v) is 4.49. The van der Waals surface area contributed by atoms with Crippen LogP contribution in [-0.4, -0.2) is 18.2 Å². The van der Waals surface area contributed by atoms with E-state index < -0.39 is 10.0 Å². The highest BCUT2D eigenvalue weighted by Gasteiger charge is 2.26. The lowest BCUT2D eigenvalue weighted by Gasteiger charge is -2.23. The summed E-state index contributed by atoms with van der Waals surface area (Å²) in [6.07, 6.45) is 3.33. The highest BCUT2D eigenvalue weighted by molar-refractivity contribution is 7.92. The minimum atomic E-state index is -3.76. The molecule has 0 bridgehead atoms. The molecular weight excluding hydrogens is 382 g/mol. The molecule has 0 saturated heterocycles. The van der Waals surface area contributed by atoms with Gasteiger partial charge in [0.15, 0.2) is 0 Å². The van der Waals surface area contributed by atoms with E-state index in [9.17, 15) is 8.42 Å². The molecular formula is C23H21N3O2S. The summed E-state index contributed by atoms with van der Waals surface area (Å²) in [5.74, 6) is 0. The van der Waals surface area contributed by atoms with Gasteiger partial charge in [0.1, 0.15) is 0 Å². The Morgan fingerprint density at radius 1 is 0.862 bits per heavy atom. The first-order valence-electron chi connectivity index (χ1n) is 9.27. The van der Waals surface area contributed by atoms with Crippen LogP contribution in [0.25, 0.3) is 5.69 Å². The first-order chi connectivity index (χ1) is 14.0. The van der Waals surface area contributed by atoms with Gasteiger partial charge in [-0.2, -0.15) is 5.10 Å². The SMILES string of the molecule is Cc1ccc(S(=O)(=O)N(Cc2ccccc2)c2cnn(-c3ccccc3)c2)cc1. The second kappa shape index (κ2) is 7.93. The van der Waals surface area contributed by atoms with E-state index in [-0.39, 0.29) is 11.4 Å². The first-order valence-corrected chi connectivity index (χ1v) is 10.7. The van der Waals surface area contributed by atoms with E-state index in [0.717, 1.165) is 16.8 Å². The normalized spacial score (nSPS) is 11.3. The van der Waals surface area contributed by atoms with Crippen molar-refractivity contribution in [1.82, 2.24) is 9.78 Å². The van der Waals surface area contributed by atoms with Gasteiger partial charge in [-0.3, -0.25) is 4.31 Å². The van der Waals surface area contributed by atoms with Crippen molar-refractivity contribution >= 4 is 15.7 Å². The molecule has 0 aliphatic carbocycles. The highest BCUT2D eigenvalue weighted by Crippen LogP contribution is 2.26. The number of benzene rings is 3. The minimum Gasteiger partial charge on any atom is -0.259 e. The van der Waals surface area contributed by atoms with E-state index >= 15 is 0 Å². The summed E-state index contributed by atoms with van der Waals surface area (Å²) < 4.78 is 30.0. The second-order valence-corrected chi connectivity index (χ2v) is 8.65. The first kappa shape index (κ1) is 19.0. The van der Waals surface area contributed by atoms with Crippen LogP contribution in [-0.2, 0) is 16.6 Å². The van der Waals surface area contributed by atoms with E-state index in [1.807, 2.05) is 67.6 Å². The van der Waals surface area contributed by atoms with Gasteiger partial charge in [0.2, 0.25) is 0 Å². The summed E-state index contributed by atoms with van der Waals surface area (Å²) in [5, 5.41) is 4.38. The summed E-state index contributed by atoms with van der Waals surface area (Å²) in [6.45, 7) is 2.15. The quantitative estimate of drug-likeness (QED) is 0.474. The van der Waals surface area contributed by atoms with E-state index in [1.165, 1.54) is 4.31 Å². The zero-order valence-electron chi connectivity index (χ0n) is 16.0. The van der Waals surface area contributed by atoms with Gasteiger partial charge in [-0.25, -0.2) is 13.1 Å². The van der Waals surface area contributed by atoms with Gasteiger partial charge in [0, 0.05) is 0 Å². The molecule has 4 rings (SSSR count). The van der Waals surface area contributed by atoms with Gasteiger partial charge in [0.25, 0.3) is 10.0 Å². The lowest BCUT2D eigenvalue weighted by atomic mass is 10.2. The number of aryl methyl sites for hydroxylation is 1. The molecule has 0 saturated carbocycles. The van der Waals surface area contributed by atoms with Crippen molar-refractivity contribution in [2.45, 2.75) is 18.4 Å². The molecule has 3 aromatic carbocycles. The zero-order valence-corrected chi connectivity index (χ0v) is 16.8. The third-order valence-electron chi connectivity index (χ3n) is 4.66. The monoisotopic (exact) mass is 403 g/mol. The van der Waals surface area contributed by atoms with Crippen LogP contribution < -0.4 is 4.31 Å². The molecule has 0 radical (unpaired) electrons. The molecule has 4 aromatic rings. The smallest absolute Gasteiger partial charge is 0.259 e. The van der Waals surface area contributed by atoms with Crippen molar-refractivity contribution in [2.24, 2.45) is 0 Å². The number of anilines is 1. The molecule has 0 amide bonds. The van der Waals surface area contributed by atoms with E-state index in [4.69, 9.17) is 0 Å². The summed E-state index contributed by atoms with van der Waals surface area (Å²) >= 11 is 0. The number of hydrogen-bond acceptors (Lipinski definition) is 3. The molecule has 0 unspecified atom stereocenters. The fourth-order valence-electron chi connectivity index (χ4n) is 3.07. The summed E-state index contributed by atoms with van der Waals surface area (Å²) in [4.78, 5) is 0.256. The Morgan fingerprint density at radius 2 is 1.48 bits per heavy atom. The van der Waals surface area contributed by atoms with Crippen LogP contribution in [0.1, 0.15) is 11.1 Å². The lowest BCUT2D eigenvalue weighted by molar-refractivity contribution is 0.590. The molecule has 6 heteroatoms. The van der Waals surface area contributed by atoms with Crippen LogP contribution >= 0.6 is 0 Å². The standard InChI is InChI=1S/C23H21N3O2S/c1-19-12-14-23(15-13-19)29(27,28)26(17-20-8-4-2-5-9-20)22-16-24-25(18-22)21-10-6-3-7-11-21/h2-16,18H,17H2,1H3. The largest absolute Gasteiger partial charge is 0.264 e. The molecule has 0 spiro atoms. The van der Waals surface area contributed by atoms with Crippen molar-refractivity contribution in [3.8, 4) is 5.69 Å². The lowest BCUT2D eigenvalue weighted by Crippen LogP contribution is -2.30. The molecule has 0 N–H and O–H groups in total. The Hall–Kier alpha value is -3.38. The van der Waals surface area contributed by atoms with Gasteiger partial charge in [-0.05, 0) is 36.8 Å². The Kier molecular flexibility index (Phi) is 5.18. The molecule has 0 fully saturated rings. The van der Waals surface area contributed by atoms with Crippen molar-refractivity contribution in [1.29, 1.82) is 0 Å². The maximum atomic E-state index is 13.5. The minimum absolute atomic E-state index is 0.220. The maximum absolute atomic E-state index is 13.5. The average molecular weight is 404 g/mol. The predicted molar refractivity (Wildman–Crippen MR) is 115 cm³/mol. The van der Waals surface area contributed by atoms with Gasteiger partial charge in [-0.15, -0.1) is 0 Å². The molecule has 1 heterocycles. The summed E-state index contributed by atoms with van der Waals surface area (Å²) in [7, 11) is -3.76. The molecule has 1 aromatic heterocycles. The highest BCUT2D eigenvalue weighted by atomic mass is 32.2. The predicted octanol–water partition coefficient (Wildman–Crippen LogP) is 4.58. The molecule has 29 heavy (non-hydrogen) atoms. The van der Waals surface area contributed by atoms with Gasteiger partial charge in [-0.1, -0.05) is 66.2 Å². The molecule has 146 valence electrons. The van der Waals surface area contributed by atoms with E-state index in [0.29, 0.717) is 5.69 Å². The van der Waals surface area contributed by atoms with Crippen molar-refractivity contribution in [3.05, 3.63) is 108 Å². The molecule has 0 atom stereocenters. The van der Waals surface area contributed by atoms with Crippen LogP contribution in [0.2, 0.25) is 0 Å². The second-order valence-electron chi connectivity index (χ2n) is 6.79. The average Bonchev–Trinajstić information content (AvgIpc) is 3.23. The fraction of sp³-hybridized carbons (Fsp3) is 0.0870. The third-order valence-corrected chi connectivity index (χ3v) is 6.44. The topological polar surface area (TPSA) is 55.2 Å². The number of aromatic nitrogens is 2. The molecule has 0 aliphatic heterocycles. The van der Waals surface area contributed by atoms with Gasteiger partial charge < -0.3 is 0 Å². The van der Waals surface area contributed by atoms with Crippen molar-refractivity contribution in [2.75, 3.05) is 4.31 Å². The van der Waals surface area contributed by atoms with Crippen LogP contribution in [0, 0.1) is 6.92 Å². The third kappa shape index (κ3) is 4.07. The van der Waals surface area contributed by atoms with Gasteiger partial charge in [0.05, 0.1) is 35.2 Å². The number of para-hydroxylation sites is 1. The summed E-state index contributed by atoms with van der Waals surface area (Å²) in [5.41, 5.74) is 3.29. The zero-order chi connectivity index (χ0) is 20.3. The number of rotatable bonds is 6. The maximum Gasteiger partial charge on any atom is 0.264 e. The van der Waals surface area contributed by atoms with E-state index in [1.54, 1.807) is 41.3 Å². The van der Waals surface area contributed by atoms with Crippen LogP contribution in [0.3, 0.4) is 0 Å². The Balaban J connectivity index is 1.77. The molecule has 0 aliphatic rings. The molecule has 5 nitrogen and oxygen atoms in total. The Labute approximate surface area is 170 Å². The number of sulfonamides is 1. The van der Waals surface area contributed by atoms with Crippen molar-refractivity contribution < 1.29 is 8.42 Å². The number of nitrogens with zero attached hydrogens (tertiary/aromatic N) is 3. The Morgan fingerprint density at radius 3 is 2.14 bits per heavy atom. The number of hydrogen-bond donors (Lipinski definition) is 0. The van der Waals surface area contributed by atoms with Crippen LogP contribution in [0.5, 0.6) is 0 Å². The van der Waals surface area contributed by atoms with Crippen LogP contribution in [0.4, 0.5) is 5.69 Å². The summed E-state index contributed by atoms with van der Waals surface area (Å²) in [6, 6.07) is 26.1. The Bertz CT molecular complexity index is 1190. The van der Waals surface area contributed by atoms with Crippen LogP contribution in [0.15, 0.2) is 102 Å². The van der Waals surface area contributed by atoms with Gasteiger partial charge >= 0.3 is 0 Å². The van der Waals surface area contributed by atoms with Crippen molar-refractivity contribution in [3.63, 3.8) is 0 Å². The van der Waals surface area contributed by atoms with E-state index in [2.05, 4.69) is 5.10 Å².